The number of nitrogens with zero attached hydrogens (tertiary/aromatic N) is 4. The number of carbonyl (C=O) groups excluding carboxylic acids is 1. The number of nitrogens with one attached hydrogen (secondary N) is 1. The molecule has 0 fully saturated rings. The number of aromatic nitrogens is 4. The van der Waals surface area contributed by atoms with Gasteiger partial charge in [0.2, 0.25) is 0 Å². The Labute approximate surface area is 164 Å². The van der Waals surface area contributed by atoms with E-state index in [4.69, 9.17) is 0 Å². The van der Waals surface area contributed by atoms with Crippen LogP contribution in [0.1, 0.15) is 32.7 Å². The maximum atomic E-state index is 14.1. The second-order valence-corrected chi connectivity index (χ2v) is 7.07. The number of rotatable bonds is 5. The molecule has 0 radical (unpaired) electrons. The predicted molar refractivity (Wildman–Crippen MR) is 104 cm³/mol. The van der Waals surface area contributed by atoms with Crippen LogP contribution in [0.15, 0.2) is 66.3 Å². The number of thiophene rings is 1. The van der Waals surface area contributed by atoms with Crippen molar-refractivity contribution < 1.29 is 9.18 Å². The molecular weight excluding hydrogens is 377 g/mol. The van der Waals surface area contributed by atoms with E-state index in [0.717, 1.165) is 10.4 Å². The van der Waals surface area contributed by atoms with Crippen LogP contribution in [0.2, 0.25) is 0 Å². The largest absolute Gasteiger partial charge is 0.339 e. The maximum absolute atomic E-state index is 14.1. The summed E-state index contributed by atoms with van der Waals surface area (Å²) in [6, 6.07) is 13.5. The van der Waals surface area contributed by atoms with Crippen LogP contribution in [-0.2, 0) is 0 Å². The fourth-order valence-electron chi connectivity index (χ4n) is 2.92. The fraction of sp³-hybridized carbons (Fsp3) is 0.100. The second-order valence-electron chi connectivity index (χ2n) is 6.09. The number of amides is 1. The van der Waals surface area contributed by atoms with Crippen LogP contribution in [-0.4, -0.2) is 25.9 Å². The summed E-state index contributed by atoms with van der Waals surface area (Å²) >= 11 is 1.55. The van der Waals surface area contributed by atoms with Crippen molar-refractivity contribution in [1.29, 1.82) is 0 Å². The van der Waals surface area contributed by atoms with Crippen LogP contribution in [0.5, 0.6) is 0 Å². The summed E-state index contributed by atoms with van der Waals surface area (Å²) in [4.78, 5) is 18.0. The Kier molecular flexibility index (Phi) is 4.94. The van der Waals surface area contributed by atoms with E-state index in [-0.39, 0.29) is 23.3 Å². The molecule has 1 atom stereocenters. The van der Waals surface area contributed by atoms with Gasteiger partial charge in [-0.3, -0.25) is 9.78 Å². The molecule has 0 bridgehead atoms. The summed E-state index contributed by atoms with van der Waals surface area (Å²) in [7, 11) is 0. The lowest BCUT2D eigenvalue weighted by Crippen LogP contribution is -2.29. The van der Waals surface area contributed by atoms with Gasteiger partial charge in [0.05, 0.1) is 11.7 Å². The molecule has 1 aromatic carbocycles. The molecule has 0 unspecified atom stereocenters. The number of hydrogen-bond acceptors (Lipinski definition) is 5. The molecule has 0 aliphatic carbocycles. The smallest absolute Gasteiger partial charge is 0.274 e. The van der Waals surface area contributed by atoms with Gasteiger partial charge in [-0.1, -0.05) is 23.4 Å². The third-order valence-electron chi connectivity index (χ3n) is 4.33. The first-order chi connectivity index (χ1) is 13.6. The number of halogens is 1. The van der Waals surface area contributed by atoms with Gasteiger partial charge in [0, 0.05) is 17.3 Å². The first-order valence-electron chi connectivity index (χ1n) is 8.56. The molecule has 0 spiro atoms. The van der Waals surface area contributed by atoms with E-state index in [1.165, 1.54) is 10.7 Å². The Morgan fingerprint density at radius 2 is 1.93 bits per heavy atom. The van der Waals surface area contributed by atoms with Crippen molar-refractivity contribution in [1.82, 2.24) is 25.3 Å². The van der Waals surface area contributed by atoms with Crippen molar-refractivity contribution in [3.05, 3.63) is 94.0 Å². The van der Waals surface area contributed by atoms with Gasteiger partial charge in [-0.25, -0.2) is 9.07 Å². The molecule has 0 aliphatic rings. The highest BCUT2D eigenvalue weighted by Crippen LogP contribution is 2.26. The Hall–Kier alpha value is -3.39. The van der Waals surface area contributed by atoms with E-state index in [1.807, 2.05) is 29.6 Å². The van der Waals surface area contributed by atoms with E-state index in [9.17, 15) is 9.18 Å². The first kappa shape index (κ1) is 18.0. The van der Waals surface area contributed by atoms with Crippen molar-refractivity contribution in [2.75, 3.05) is 0 Å². The van der Waals surface area contributed by atoms with E-state index in [0.29, 0.717) is 5.69 Å². The minimum Gasteiger partial charge on any atom is -0.339 e. The van der Waals surface area contributed by atoms with Gasteiger partial charge in [0.1, 0.15) is 11.5 Å². The third-order valence-corrected chi connectivity index (χ3v) is 5.27. The van der Waals surface area contributed by atoms with E-state index >= 15 is 0 Å². The zero-order valence-corrected chi connectivity index (χ0v) is 15.7. The van der Waals surface area contributed by atoms with E-state index in [2.05, 4.69) is 20.6 Å². The molecule has 3 aromatic heterocycles. The number of hydrogen-bond donors (Lipinski definition) is 1. The monoisotopic (exact) mass is 393 g/mol. The lowest BCUT2D eigenvalue weighted by atomic mass is 10.1. The highest BCUT2D eigenvalue weighted by atomic mass is 32.1. The SMILES string of the molecule is Cc1c(C(=O)N[C@H](c2ccncc2)c2cccs2)nnn1-c1ccccc1F. The van der Waals surface area contributed by atoms with E-state index < -0.39 is 5.82 Å². The molecule has 3 heterocycles. The van der Waals surface area contributed by atoms with Gasteiger partial charge in [-0.05, 0) is 48.2 Å². The van der Waals surface area contributed by atoms with Crippen molar-refractivity contribution in [3.63, 3.8) is 0 Å². The molecule has 1 N–H and O–H groups in total. The van der Waals surface area contributed by atoms with Crippen LogP contribution in [0.25, 0.3) is 5.69 Å². The molecule has 0 saturated heterocycles. The summed E-state index contributed by atoms with van der Waals surface area (Å²) in [6.45, 7) is 1.69. The summed E-state index contributed by atoms with van der Waals surface area (Å²) in [6.07, 6.45) is 3.36. The van der Waals surface area contributed by atoms with Gasteiger partial charge in [0.25, 0.3) is 5.91 Å². The second kappa shape index (κ2) is 7.69. The summed E-state index contributed by atoms with van der Waals surface area (Å²) in [5.41, 5.74) is 1.77. The van der Waals surface area contributed by atoms with Crippen LogP contribution < -0.4 is 5.32 Å². The van der Waals surface area contributed by atoms with Gasteiger partial charge in [-0.15, -0.1) is 16.4 Å². The third kappa shape index (κ3) is 3.41. The Bertz CT molecular complexity index is 1100. The van der Waals surface area contributed by atoms with Crippen LogP contribution in [0.3, 0.4) is 0 Å². The summed E-state index contributed by atoms with van der Waals surface area (Å²) in [5, 5.41) is 12.9. The molecular formula is C20H16FN5OS. The topological polar surface area (TPSA) is 72.7 Å². The van der Waals surface area contributed by atoms with Gasteiger partial charge >= 0.3 is 0 Å². The molecule has 0 aliphatic heterocycles. The quantitative estimate of drug-likeness (QED) is 0.561. The van der Waals surface area contributed by atoms with Gasteiger partial charge in [0.15, 0.2) is 5.69 Å². The highest BCUT2D eigenvalue weighted by molar-refractivity contribution is 7.10. The minimum absolute atomic E-state index is 0.152. The normalized spacial score (nSPS) is 11.9. The minimum atomic E-state index is -0.435. The molecule has 28 heavy (non-hydrogen) atoms. The van der Waals surface area contributed by atoms with Crippen LogP contribution in [0, 0.1) is 12.7 Å². The Morgan fingerprint density at radius 3 is 2.64 bits per heavy atom. The number of pyridine rings is 1. The molecule has 8 heteroatoms. The van der Waals surface area contributed by atoms with Crippen molar-refractivity contribution in [2.24, 2.45) is 0 Å². The predicted octanol–water partition coefficient (Wildman–Crippen LogP) is 3.69. The number of carbonyl (C=O) groups is 1. The van der Waals surface area contributed by atoms with Gasteiger partial charge in [-0.2, -0.15) is 0 Å². The first-order valence-corrected chi connectivity index (χ1v) is 9.44. The summed E-state index contributed by atoms with van der Waals surface area (Å²) in [5.74, 6) is -0.814. The zero-order chi connectivity index (χ0) is 19.5. The van der Waals surface area contributed by atoms with Crippen molar-refractivity contribution in [2.45, 2.75) is 13.0 Å². The van der Waals surface area contributed by atoms with E-state index in [1.54, 1.807) is 48.9 Å². The van der Waals surface area contributed by atoms with Crippen molar-refractivity contribution in [3.8, 4) is 5.69 Å². The molecule has 140 valence electrons. The fourth-order valence-corrected chi connectivity index (χ4v) is 3.72. The lowest BCUT2D eigenvalue weighted by molar-refractivity contribution is 0.0937. The molecule has 6 nitrogen and oxygen atoms in total. The molecule has 0 saturated carbocycles. The number of benzene rings is 1. The number of para-hydroxylation sites is 1. The highest BCUT2D eigenvalue weighted by Gasteiger charge is 2.23. The zero-order valence-electron chi connectivity index (χ0n) is 14.9. The standard InChI is InChI=1S/C20H16FN5OS/c1-13-18(24-25-26(13)16-6-3-2-5-15(16)21)20(27)23-19(17-7-4-12-28-17)14-8-10-22-11-9-14/h2-12,19H,1H3,(H,23,27)/t19-/m1/s1. The molecule has 1 amide bonds. The molecule has 4 aromatic rings. The van der Waals surface area contributed by atoms with Gasteiger partial charge < -0.3 is 5.32 Å². The van der Waals surface area contributed by atoms with Crippen LogP contribution in [0.4, 0.5) is 4.39 Å². The molecule has 4 rings (SSSR count). The maximum Gasteiger partial charge on any atom is 0.274 e. The Morgan fingerprint density at radius 1 is 1.14 bits per heavy atom. The lowest BCUT2D eigenvalue weighted by Gasteiger charge is -2.17. The Balaban J connectivity index is 1.65. The van der Waals surface area contributed by atoms with Crippen LogP contribution >= 0.6 is 11.3 Å². The average molecular weight is 393 g/mol. The van der Waals surface area contributed by atoms with Crippen molar-refractivity contribution >= 4 is 17.2 Å². The summed E-state index contributed by atoms with van der Waals surface area (Å²) < 4.78 is 15.4. The average Bonchev–Trinajstić information content (AvgIpc) is 3.37.